The number of nitrogens with two attached hydrogens (primary N) is 1. The standard InChI is InChI=1S/C16H21NO2/c1-18-14-7-5-6-12-13(10-19-15(12)14)16(11-17)8-3-2-4-9-16/h5-7,10H,2-4,8-9,11,17H2,1H3. The van der Waals surface area contributed by atoms with E-state index in [0.717, 1.165) is 29.6 Å². The zero-order valence-electron chi connectivity index (χ0n) is 11.4. The predicted octanol–water partition coefficient (Wildman–Crippen LogP) is 3.60. The Bertz CT molecular complexity index is 567. The van der Waals surface area contributed by atoms with Crippen LogP contribution >= 0.6 is 0 Å². The van der Waals surface area contributed by atoms with Crippen LogP contribution in [0.4, 0.5) is 0 Å². The maximum atomic E-state index is 6.12. The van der Waals surface area contributed by atoms with Crippen molar-refractivity contribution in [2.24, 2.45) is 5.73 Å². The van der Waals surface area contributed by atoms with Gasteiger partial charge < -0.3 is 14.9 Å². The quantitative estimate of drug-likeness (QED) is 0.916. The molecule has 0 saturated heterocycles. The van der Waals surface area contributed by atoms with Crippen molar-refractivity contribution in [1.82, 2.24) is 0 Å². The van der Waals surface area contributed by atoms with Crippen molar-refractivity contribution < 1.29 is 9.15 Å². The number of benzene rings is 1. The smallest absolute Gasteiger partial charge is 0.175 e. The third kappa shape index (κ3) is 1.93. The number of fused-ring (bicyclic) bond motifs is 1. The van der Waals surface area contributed by atoms with Crippen LogP contribution in [0.15, 0.2) is 28.9 Å². The zero-order valence-corrected chi connectivity index (χ0v) is 11.4. The fourth-order valence-electron chi connectivity index (χ4n) is 3.41. The molecule has 19 heavy (non-hydrogen) atoms. The monoisotopic (exact) mass is 259 g/mol. The van der Waals surface area contributed by atoms with Gasteiger partial charge in [0.25, 0.3) is 0 Å². The van der Waals surface area contributed by atoms with Crippen molar-refractivity contribution in [3.8, 4) is 5.75 Å². The summed E-state index contributed by atoms with van der Waals surface area (Å²) in [7, 11) is 1.68. The van der Waals surface area contributed by atoms with Crippen LogP contribution in [0.1, 0.15) is 37.7 Å². The van der Waals surface area contributed by atoms with Gasteiger partial charge in [-0.2, -0.15) is 0 Å². The van der Waals surface area contributed by atoms with Gasteiger partial charge in [0.15, 0.2) is 11.3 Å². The van der Waals surface area contributed by atoms with Crippen LogP contribution in [0, 0.1) is 0 Å². The highest BCUT2D eigenvalue weighted by Gasteiger charge is 2.35. The molecule has 3 nitrogen and oxygen atoms in total. The summed E-state index contributed by atoms with van der Waals surface area (Å²) < 4.78 is 11.1. The normalized spacial score (nSPS) is 18.6. The number of hydrogen-bond donors (Lipinski definition) is 1. The molecule has 1 aliphatic carbocycles. The topological polar surface area (TPSA) is 48.4 Å². The molecule has 1 fully saturated rings. The summed E-state index contributed by atoms with van der Waals surface area (Å²) in [5.41, 5.74) is 8.32. The molecule has 0 unspecified atom stereocenters. The maximum Gasteiger partial charge on any atom is 0.175 e. The van der Waals surface area contributed by atoms with Gasteiger partial charge in [-0.05, 0) is 18.9 Å². The molecule has 0 bridgehead atoms. The van der Waals surface area contributed by atoms with E-state index in [9.17, 15) is 0 Å². The highest BCUT2D eigenvalue weighted by Crippen LogP contribution is 2.43. The van der Waals surface area contributed by atoms with E-state index in [-0.39, 0.29) is 5.41 Å². The van der Waals surface area contributed by atoms with Gasteiger partial charge >= 0.3 is 0 Å². The summed E-state index contributed by atoms with van der Waals surface area (Å²) in [4.78, 5) is 0. The summed E-state index contributed by atoms with van der Waals surface area (Å²) in [6.07, 6.45) is 8.05. The van der Waals surface area contributed by atoms with Crippen LogP contribution in [-0.4, -0.2) is 13.7 Å². The average molecular weight is 259 g/mol. The predicted molar refractivity (Wildman–Crippen MR) is 76.6 cm³/mol. The molecule has 1 heterocycles. The summed E-state index contributed by atoms with van der Waals surface area (Å²) in [5, 5.41) is 1.16. The van der Waals surface area contributed by atoms with Crippen molar-refractivity contribution in [1.29, 1.82) is 0 Å². The maximum absolute atomic E-state index is 6.12. The minimum absolute atomic E-state index is 0.0931. The lowest BCUT2D eigenvalue weighted by Gasteiger charge is -2.35. The van der Waals surface area contributed by atoms with Crippen LogP contribution in [0.25, 0.3) is 11.0 Å². The summed E-state index contributed by atoms with van der Waals surface area (Å²) >= 11 is 0. The molecular formula is C16H21NO2. The van der Waals surface area contributed by atoms with E-state index in [0.29, 0.717) is 6.54 Å². The lowest BCUT2D eigenvalue weighted by molar-refractivity contribution is 0.300. The van der Waals surface area contributed by atoms with Gasteiger partial charge in [-0.15, -0.1) is 0 Å². The third-order valence-corrected chi connectivity index (χ3v) is 4.56. The van der Waals surface area contributed by atoms with Gasteiger partial charge in [-0.3, -0.25) is 0 Å². The molecule has 0 radical (unpaired) electrons. The van der Waals surface area contributed by atoms with E-state index in [1.165, 1.54) is 24.8 Å². The molecule has 3 rings (SSSR count). The van der Waals surface area contributed by atoms with Crippen molar-refractivity contribution in [3.63, 3.8) is 0 Å². The van der Waals surface area contributed by atoms with Crippen LogP contribution in [0.5, 0.6) is 5.75 Å². The Morgan fingerprint density at radius 2 is 2.05 bits per heavy atom. The number of methoxy groups -OCH3 is 1. The number of hydrogen-bond acceptors (Lipinski definition) is 3. The van der Waals surface area contributed by atoms with E-state index in [2.05, 4.69) is 6.07 Å². The summed E-state index contributed by atoms with van der Waals surface area (Å²) in [5.74, 6) is 0.798. The van der Waals surface area contributed by atoms with Crippen molar-refractivity contribution in [3.05, 3.63) is 30.0 Å². The number of furan rings is 1. The Balaban J connectivity index is 2.14. The molecule has 0 atom stereocenters. The van der Waals surface area contributed by atoms with E-state index in [1.54, 1.807) is 7.11 Å². The molecule has 1 saturated carbocycles. The van der Waals surface area contributed by atoms with Crippen LogP contribution < -0.4 is 10.5 Å². The molecule has 0 spiro atoms. The van der Waals surface area contributed by atoms with Crippen molar-refractivity contribution in [2.45, 2.75) is 37.5 Å². The van der Waals surface area contributed by atoms with Crippen LogP contribution in [0.2, 0.25) is 0 Å². The van der Waals surface area contributed by atoms with Crippen LogP contribution in [-0.2, 0) is 5.41 Å². The minimum Gasteiger partial charge on any atom is -0.493 e. The molecule has 1 aliphatic rings. The molecule has 102 valence electrons. The largest absolute Gasteiger partial charge is 0.493 e. The fraction of sp³-hybridized carbons (Fsp3) is 0.500. The first-order chi connectivity index (χ1) is 9.30. The minimum atomic E-state index is 0.0931. The van der Waals surface area contributed by atoms with Gasteiger partial charge in [0.05, 0.1) is 13.4 Å². The van der Waals surface area contributed by atoms with Gasteiger partial charge in [0, 0.05) is 22.9 Å². The molecule has 0 aliphatic heterocycles. The van der Waals surface area contributed by atoms with Crippen molar-refractivity contribution in [2.75, 3.05) is 13.7 Å². The Kier molecular flexibility index (Phi) is 3.23. The second-order valence-corrected chi connectivity index (χ2v) is 5.53. The Morgan fingerprint density at radius 3 is 2.74 bits per heavy atom. The average Bonchev–Trinajstić information content (AvgIpc) is 2.92. The molecule has 2 aromatic rings. The number of para-hydroxylation sites is 1. The van der Waals surface area contributed by atoms with Gasteiger partial charge in [-0.25, -0.2) is 0 Å². The fourth-order valence-corrected chi connectivity index (χ4v) is 3.41. The van der Waals surface area contributed by atoms with E-state index in [4.69, 9.17) is 14.9 Å². The molecule has 2 N–H and O–H groups in total. The Hall–Kier alpha value is -1.48. The first kappa shape index (κ1) is 12.5. The second-order valence-electron chi connectivity index (χ2n) is 5.53. The first-order valence-electron chi connectivity index (χ1n) is 7.05. The zero-order chi connectivity index (χ0) is 13.3. The van der Waals surface area contributed by atoms with E-state index >= 15 is 0 Å². The lowest BCUT2D eigenvalue weighted by atomic mass is 9.69. The third-order valence-electron chi connectivity index (χ3n) is 4.56. The van der Waals surface area contributed by atoms with Crippen LogP contribution in [0.3, 0.4) is 0 Å². The van der Waals surface area contributed by atoms with Gasteiger partial charge in [0.1, 0.15) is 0 Å². The molecule has 1 aromatic heterocycles. The molecule has 3 heteroatoms. The number of ether oxygens (including phenoxy) is 1. The first-order valence-corrected chi connectivity index (χ1v) is 7.05. The highest BCUT2D eigenvalue weighted by molar-refractivity contribution is 5.87. The van der Waals surface area contributed by atoms with E-state index in [1.807, 2.05) is 18.4 Å². The molecular weight excluding hydrogens is 238 g/mol. The lowest BCUT2D eigenvalue weighted by Crippen LogP contribution is -2.36. The summed E-state index contributed by atoms with van der Waals surface area (Å²) in [6, 6.07) is 6.07. The Labute approximate surface area is 113 Å². The highest BCUT2D eigenvalue weighted by atomic mass is 16.5. The summed E-state index contributed by atoms with van der Waals surface area (Å²) in [6.45, 7) is 0.693. The van der Waals surface area contributed by atoms with Crippen molar-refractivity contribution >= 4 is 11.0 Å². The molecule has 0 amide bonds. The van der Waals surface area contributed by atoms with E-state index < -0.39 is 0 Å². The SMILES string of the molecule is COc1cccc2c(C3(CN)CCCCC3)coc12. The van der Waals surface area contributed by atoms with Gasteiger partial charge in [0.2, 0.25) is 0 Å². The second kappa shape index (κ2) is 4.89. The number of rotatable bonds is 3. The van der Waals surface area contributed by atoms with Gasteiger partial charge in [-0.1, -0.05) is 31.4 Å². The Morgan fingerprint density at radius 1 is 1.26 bits per heavy atom. The molecule has 1 aromatic carbocycles.